The molecule has 1 aromatic heterocycles. The zero-order valence-electron chi connectivity index (χ0n) is 12.2. The van der Waals surface area contributed by atoms with Crippen molar-refractivity contribution in [3.05, 3.63) is 24.0 Å². The molecule has 0 aliphatic carbocycles. The lowest BCUT2D eigenvalue weighted by Gasteiger charge is -2.11. The van der Waals surface area contributed by atoms with Crippen molar-refractivity contribution < 1.29 is 9.84 Å². The molecule has 0 fully saturated rings. The molecule has 0 aliphatic rings. The van der Waals surface area contributed by atoms with Gasteiger partial charge in [0.25, 0.3) is 0 Å². The summed E-state index contributed by atoms with van der Waals surface area (Å²) >= 11 is 0. The molecule has 1 heterocycles. The smallest absolute Gasteiger partial charge is 0.138 e. The van der Waals surface area contributed by atoms with Crippen molar-refractivity contribution in [3.63, 3.8) is 0 Å². The van der Waals surface area contributed by atoms with Crippen molar-refractivity contribution in [1.82, 2.24) is 9.55 Å². The predicted octanol–water partition coefficient (Wildman–Crippen LogP) is 2.49. The van der Waals surface area contributed by atoms with Gasteiger partial charge in [-0.25, -0.2) is 4.98 Å². The van der Waals surface area contributed by atoms with E-state index >= 15 is 0 Å². The van der Waals surface area contributed by atoms with Crippen LogP contribution in [0.25, 0.3) is 11.0 Å². The molecule has 0 radical (unpaired) electrons. The van der Waals surface area contributed by atoms with Crippen LogP contribution in [-0.2, 0) is 11.3 Å². The second kappa shape index (κ2) is 6.72. The van der Waals surface area contributed by atoms with Gasteiger partial charge in [-0.15, -0.1) is 0 Å². The molecule has 0 saturated heterocycles. The van der Waals surface area contributed by atoms with Crippen LogP contribution in [-0.4, -0.2) is 27.9 Å². The molecule has 110 valence electrons. The Morgan fingerprint density at radius 1 is 1.40 bits per heavy atom. The first-order valence-electron chi connectivity index (χ1n) is 7.15. The Balaban J connectivity index is 2.18. The van der Waals surface area contributed by atoms with Gasteiger partial charge in [-0.3, -0.25) is 0 Å². The van der Waals surface area contributed by atoms with E-state index in [1.807, 2.05) is 18.2 Å². The Morgan fingerprint density at radius 2 is 2.20 bits per heavy atom. The van der Waals surface area contributed by atoms with E-state index in [0.29, 0.717) is 11.5 Å². The number of benzene rings is 1. The van der Waals surface area contributed by atoms with Gasteiger partial charge in [0.1, 0.15) is 11.9 Å². The fourth-order valence-electron chi connectivity index (χ4n) is 2.29. The van der Waals surface area contributed by atoms with E-state index in [9.17, 15) is 5.11 Å². The molecule has 0 saturated carbocycles. The molecule has 5 nitrogen and oxygen atoms in total. The zero-order chi connectivity index (χ0) is 14.5. The topological polar surface area (TPSA) is 73.3 Å². The van der Waals surface area contributed by atoms with Crippen LogP contribution in [0.3, 0.4) is 0 Å². The van der Waals surface area contributed by atoms with Crippen LogP contribution in [0.1, 0.15) is 38.6 Å². The lowest BCUT2D eigenvalue weighted by Crippen LogP contribution is -2.09. The summed E-state index contributed by atoms with van der Waals surface area (Å²) in [5.41, 5.74) is 8.30. The van der Waals surface area contributed by atoms with Gasteiger partial charge in [0.15, 0.2) is 0 Å². The summed E-state index contributed by atoms with van der Waals surface area (Å²) in [7, 11) is 0. The van der Waals surface area contributed by atoms with Gasteiger partial charge in [0, 0.05) is 25.4 Å². The number of nitrogen functional groups attached to an aromatic ring is 1. The van der Waals surface area contributed by atoms with Crippen LogP contribution in [0.5, 0.6) is 0 Å². The Hall–Kier alpha value is -1.59. The number of aliphatic hydroxyl groups excluding tert-OH is 1. The molecule has 5 heteroatoms. The Labute approximate surface area is 119 Å². The summed E-state index contributed by atoms with van der Waals surface area (Å²) < 4.78 is 7.55. The number of ether oxygens (including phenoxy) is 1. The van der Waals surface area contributed by atoms with Crippen molar-refractivity contribution in [3.8, 4) is 0 Å². The van der Waals surface area contributed by atoms with Crippen molar-refractivity contribution in [1.29, 1.82) is 0 Å². The molecule has 3 N–H and O–H groups in total. The third-order valence-electron chi connectivity index (χ3n) is 3.19. The molecule has 1 aromatic carbocycles. The first-order valence-corrected chi connectivity index (χ1v) is 7.15. The van der Waals surface area contributed by atoms with Crippen molar-refractivity contribution in [2.24, 2.45) is 0 Å². The van der Waals surface area contributed by atoms with Gasteiger partial charge < -0.3 is 20.1 Å². The Morgan fingerprint density at radius 3 is 2.90 bits per heavy atom. The number of imidazole rings is 1. The number of rotatable bonds is 7. The van der Waals surface area contributed by atoms with E-state index in [-0.39, 0.29) is 0 Å². The highest BCUT2D eigenvalue weighted by atomic mass is 16.5. The molecule has 0 amide bonds. The second-order valence-electron chi connectivity index (χ2n) is 5.01. The Kier molecular flexibility index (Phi) is 4.98. The van der Waals surface area contributed by atoms with Gasteiger partial charge in [0.2, 0.25) is 0 Å². The maximum absolute atomic E-state index is 9.87. The monoisotopic (exact) mass is 277 g/mol. The molecular formula is C15H23N3O2. The van der Waals surface area contributed by atoms with Crippen LogP contribution in [0.2, 0.25) is 0 Å². The third kappa shape index (κ3) is 3.29. The average Bonchev–Trinajstić information content (AvgIpc) is 2.76. The number of aryl methyl sites for hydroxylation is 1. The largest absolute Gasteiger partial charge is 0.399 e. The zero-order valence-corrected chi connectivity index (χ0v) is 12.2. The van der Waals surface area contributed by atoms with Crippen LogP contribution in [0.4, 0.5) is 5.69 Å². The first kappa shape index (κ1) is 14.8. The minimum Gasteiger partial charge on any atom is -0.399 e. The highest BCUT2D eigenvalue weighted by Gasteiger charge is 2.14. The molecule has 0 aliphatic heterocycles. The molecular weight excluding hydrogens is 254 g/mol. The number of nitrogens with two attached hydrogens (primary N) is 1. The first-order chi connectivity index (χ1) is 9.63. The molecule has 2 rings (SSSR count). The maximum atomic E-state index is 9.87. The van der Waals surface area contributed by atoms with Gasteiger partial charge in [0.05, 0.1) is 11.0 Å². The van der Waals surface area contributed by atoms with E-state index in [1.54, 1.807) is 6.92 Å². The summed E-state index contributed by atoms with van der Waals surface area (Å²) in [4.78, 5) is 4.48. The number of aliphatic hydroxyl groups is 1. The summed E-state index contributed by atoms with van der Waals surface area (Å²) in [5.74, 6) is 0.682. The van der Waals surface area contributed by atoms with Crippen molar-refractivity contribution in [2.75, 3.05) is 18.9 Å². The van der Waals surface area contributed by atoms with Gasteiger partial charge in [-0.05, 0) is 38.0 Å². The van der Waals surface area contributed by atoms with E-state index in [2.05, 4.69) is 16.5 Å². The lowest BCUT2D eigenvalue weighted by atomic mass is 10.3. The molecule has 20 heavy (non-hydrogen) atoms. The van der Waals surface area contributed by atoms with Crippen LogP contribution >= 0.6 is 0 Å². The highest BCUT2D eigenvalue weighted by Crippen LogP contribution is 2.23. The van der Waals surface area contributed by atoms with E-state index in [1.165, 1.54) is 0 Å². The highest BCUT2D eigenvalue weighted by molar-refractivity contribution is 5.79. The normalized spacial score (nSPS) is 12.9. The number of hydrogen-bond donors (Lipinski definition) is 2. The van der Waals surface area contributed by atoms with Crippen LogP contribution < -0.4 is 5.73 Å². The molecule has 0 spiro atoms. The van der Waals surface area contributed by atoms with Gasteiger partial charge in [-0.1, -0.05) is 6.92 Å². The number of nitrogens with zero attached hydrogens (tertiary/aromatic N) is 2. The minimum atomic E-state index is -0.597. The quantitative estimate of drug-likeness (QED) is 0.602. The van der Waals surface area contributed by atoms with Crippen LogP contribution in [0, 0.1) is 0 Å². The van der Waals surface area contributed by atoms with Gasteiger partial charge in [-0.2, -0.15) is 0 Å². The standard InChI is InChI=1S/C15H23N3O2/c1-3-8-20-9-4-7-18-14-6-5-12(16)10-13(14)17-15(18)11(2)19/h5-6,10-11,19H,3-4,7-9,16H2,1-2H3. The minimum absolute atomic E-state index is 0.597. The SMILES string of the molecule is CCCOCCCn1c(C(C)O)nc2cc(N)ccc21. The summed E-state index contributed by atoms with van der Waals surface area (Å²) in [6, 6.07) is 5.65. The van der Waals surface area contributed by atoms with Crippen molar-refractivity contribution >= 4 is 16.7 Å². The number of anilines is 1. The average molecular weight is 277 g/mol. The third-order valence-corrected chi connectivity index (χ3v) is 3.19. The molecule has 1 unspecified atom stereocenters. The second-order valence-corrected chi connectivity index (χ2v) is 5.01. The van der Waals surface area contributed by atoms with Crippen LogP contribution in [0.15, 0.2) is 18.2 Å². The summed E-state index contributed by atoms with van der Waals surface area (Å²) in [6.07, 6.45) is 1.34. The number of aromatic nitrogens is 2. The maximum Gasteiger partial charge on any atom is 0.138 e. The number of fused-ring (bicyclic) bond motifs is 1. The predicted molar refractivity (Wildman–Crippen MR) is 80.5 cm³/mol. The fraction of sp³-hybridized carbons (Fsp3) is 0.533. The van der Waals surface area contributed by atoms with Crippen molar-refractivity contribution in [2.45, 2.75) is 39.3 Å². The summed E-state index contributed by atoms with van der Waals surface area (Å²) in [6.45, 7) is 6.13. The lowest BCUT2D eigenvalue weighted by molar-refractivity contribution is 0.128. The fourth-order valence-corrected chi connectivity index (χ4v) is 2.29. The van der Waals surface area contributed by atoms with E-state index in [4.69, 9.17) is 10.5 Å². The summed E-state index contributed by atoms with van der Waals surface area (Å²) in [5, 5.41) is 9.87. The molecule has 1 atom stereocenters. The van der Waals surface area contributed by atoms with E-state index < -0.39 is 6.10 Å². The molecule has 0 bridgehead atoms. The molecule has 2 aromatic rings. The number of hydrogen-bond acceptors (Lipinski definition) is 4. The van der Waals surface area contributed by atoms with E-state index in [0.717, 1.165) is 43.6 Å². The van der Waals surface area contributed by atoms with Gasteiger partial charge >= 0.3 is 0 Å². The Bertz CT molecular complexity index is 563.